The van der Waals surface area contributed by atoms with E-state index in [9.17, 15) is 4.39 Å². The lowest BCUT2D eigenvalue weighted by molar-refractivity contribution is 0.0977. The molecule has 21 heavy (non-hydrogen) atoms. The van der Waals surface area contributed by atoms with Crippen molar-refractivity contribution < 1.29 is 9.13 Å². The minimum Gasteiger partial charge on any atom is -0.490 e. The van der Waals surface area contributed by atoms with Crippen LogP contribution in [-0.4, -0.2) is 45.4 Å². The number of nitrogens with zero attached hydrogens (tertiary/aromatic N) is 4. The summed E-state index contributed by atoms with van der Waals surface area (Å²) < 4.78 is 20.8. The first kappa shape index (κ1) is 14.0. The minimum atomic E-state index is -0.252. The highest BCUT2D eigenvalue weighted by atomic mass is 19.1. The van der Waals surface area contributed by atoms with Crippen molar-refractivity contribution in [1.29, 1.82) is 0 Å². The summed E-state index contributed by atoms with van der Waals surface area (Å²) in [5, 5.41) is 4.10. The maximum absolute atomic E-state index is 13.1. The molecule has 1 aromatic heterocycles. The Kier molecular flexibility index (Phi) is 4.45. The number of hydrogen-bond acceptors (Lipinski definition) is 4. The van der Waals surface area contributed by atoms with Crippen LogP contribution in [0.25, 0.3) is 0 Å². The Labute approximate surface area is 123 Å². The highest BCUT2D eigenvalue weighted by Crippen LogP contribution is 2.19. The summed E-state index contributed by atoms with van der Waals surface area (Å²) in [5.74, 6) is 0.369. The maximum Gasteiger partial charge on any atom is 0.137 e. The molecule has 0 unspecified atom stereocenters. The van der Waals surface area contributed by atoms with Crippen molar-refractivity contribution in [2.75, 3.05) is 19.6 Å². The van der Waals surface area contributed by atoms with Gasteiger partial charge in [0.25, 0.3) is 0 Å². The third kappa shape index (κ3) is 4.01. The van der Waals surface area contributed by atoms with Crippen molar-refractivity contribution >= 4 is 0 Å². The maximum atomic E-state index is 13.1. The van der Waals surface area contributed by atoms with E-state index in [0.29, 0.717) is 5.75 Å². The normalized spacial score (nSPS) is 17.0. The van der Waals surface area contributed by atoms with Gasteiger partial charge in [-0.3, -0.25) is 4.68 Å². The lowest BCUT2D eigenvalue weighted by atomic mass is 10.1. The number of ether oxygens (including phenoxy) is 1. The van der Waals surface area contributed by atoms with Crippen LogP contribution < -0.4 is 4.74 Å². The average molecular weight is 290 g/mol. The molecule has 0 atom stereocenters. The summed E-state index contributed by atoms with van der Waals surface area (Å²) >= 11 is 0. The summed E-state index contributed by atoms with van der Waals surface area (Å²) in [4.78, 5) is 6.33. The molecule has 3 rings (SSSR count). The molecular weight excluding hydrogens is 271 g/mol. The number of rotatable bonds is 5. The molecule has 1 saturated heterocycles. The summed E-state index contributed by atoms with van der Waals surface area (Å²) in [6.45, 7) is 3.81. The molecule has 1 fully saturated rings. The Bertz CT molecular complexity index is 553. The fourth-order valence-corrected chi connectivity index (χ4v) is 2.58. The quantitative estimate of drug-likeness (QED) is 0.844. The van der Waals surface area contributed by atoms with Gasteiger partial charge in [0.1, 0.15) is 30.3 Å². The zero-order valence-electron chi connectivity index (χ0n) is 11.9. The average Bonchev–Trinajstić information content (AvgIpc) is 3.00. The van der Waals surface area contributed by atoms with Crippen LogP contribution in [0.3, 0.4) is 0 Å². The van der Waals surface area contributed by atoms with Crippen LogP contribution in [-0.2, 0) is 6.54 Å². The van der Waals surface area contributed by atoms with Crippen molar-refractivity contribution in [3.05, 3.63) is 42.7 Å². The summed E-state index contributed by atoms with van der Waals surface area (Å²) in [6, 6.07) is 6.36. The number of halogens is 1. The molecule has 1 aliphatic rings. The van der Waals surface area contributed by atoms with Crippen LogP contribution >= 0.6 is 0 Å². The number of hydrogen-bond donors (Lipinski definition) is 0. The molecule has 0 bridgehead atoms. The van der Waals surface area contributed by atoms with Gasteiger partial charge in [-0.1, -0.05) is 6.07 Å². The molecule has 5 nitrogen and oxygen atoms in total. The number of likely N-dealkylation sites (tertiary alicyclic amines) is 1. The highest BCUT2D eigenvalue weighted by Gasteiger charge is 2.20. The van der Waals surface area contributed by atoms with Crippen molar-refractivity contribution in [2.45, 2.75) is 25.5 Å². The Morgan fingerprint density at radius 3 is 2.81 bits per heavy atom. The molecule has 1 aromatic carbocycles. The van der Waals surface area contributed by atoms with E-state index in [2.05, 4.69) is 15.0 Å². The lowest BCUT2D eigenvalue weighted by Crippen LogP contribution is -2.39. The molecule has 0 spiro atoms. The van der Waals surface area contributed by atoms with Crippen molar-refractivity contribution in [1.82, 2.24) is 19.7 Å². The van der Waals surface area contributed by atoms with Gasteiger partial charge in [-0.15, -0.1) is 0 Å². The molecule has 0 aliphatic carbocycles. The van der Waals surface area contributed by atoms with E-state index in [4.69, 9.17) is 4.74 Å². The van der Waals surface area contributed by atoms with Crippen LogP contribution in [0.15, 0.2) is 36.9 Å². The molecule has 2 heterocycles. The Hall–Kier alpha value is -1.95. The fraction of sp³-hybridized carbons (Fsp3) is 0.467. The van der Waals surface area contributed by atoms with Crippen molar-refractivity contribution in [3.8, 4) is 5.75 Å². The van der Waals surface area contributed by atoms with Crippen molar-refractivity contribution in [3.63, 3.8) is 0 Å². The molecule has 0 N–H and O–H groups in total. The second-order valence-corrected chi connectivity index (χ2v) is 5.27. The van der Waals surface area contributed by atoms with Gasteiger partial charge in [0.2, 0.25) is 0 Å². The molecule has 6 heteroatoms. The van der Waals surface area contributed by atoms with E-state index in [0.717, 1.165) is 39.0 Å². The van der Waals surface area contributed by atoms with E-state index >= 15 is 0 Å². The van der Waals surface area contributed by atoms with Crippen LogP contribution in [0.2, 0.25) is 0 Å². The van der Waals surface area contributed by atoms with Gasteiger partial charge in [-0.25, -0.2) is 9.37 Å². The topological polar surface area (TPSA) is 43.2 Å². The highest BCUT2D eigenvalue weighted by molar-refractivity contribution is 5.22. The zero-order chi connectivity index (χ0) is 14.5. The molecule has 0 amide bonds. The van der Waals surface area contributed by atoms with E-state index in [1.807, 2.05) is 4.68 Å². The van der Waals surface area contributed by atoms with E-state index in [1.54, 1.807) is 24.8 Å². The third-order valence-electron chi connectivity index (χ3n) is 3.75. The number of benzene rings is 1. The molecule has 1 aliphatic heterocycles. The predicted octanol–water partition coefficient (Wildman–Crippen LogP) is 1.96. The zero-order valence-corrected chi connectivity index (χ0v) is 11.9. The summed E-state index contributed by atoms with van der Waals surface area (Å²) in [7, 11) is 0. The second-order valence-electron chi connectivity index (χ2n) is 5.27. The van der Waals surface area contributed by atoms with Gasteiger partial charge in [0, 0.05) is 25.7 Å². The molecule has 112 valence electrons. The van der Waals surface area contributed by atoms with Gasteiger partial charge in [-0.05, 0) is 25.0 Å². The fourth-order valence-electron chi connectivity index (χ4n) is 2.58. The smallest absolute Gasteiger partial charge is 0.137 e. The SMILES string of the molecule is Fc1cccc(OC2CCN(CCn3cncn3)CC2)c1. The summed E-state index contributed by atoms with van der Waals surface area (Å²) in [6.07, 6.45) is 5.40. The van der Waals surface area contributed by atoms with E-state index in [1.165, 1.54) is 12.1 Å². The summed E-state index contributed by atoms with van der Waals surface area (Å²) in [5.41, 5.74) is 0. The van der Waals surface area contributed by atoms with Crippen LogP contribution in [0.4, 0.5) is 4.39 Å². The Morgan fingerprint density at radius 1 is 1.24 bits per heavy atom. The minimum absolute atomic E-state index is 0.175. The number of piperidine rings is 1. The molecular formula is C15H19FN4O. The third-order valence-corrected chi connectivity index (χ3v) is 3.75. The van der Waals surface area contributed by atoms with Crippen LogP contribution in [0.5, 0.6) is 5.75 Å². The monoisotopic (exact) mass is 290 g/mol. The Balaban J connectivity index is 1.42. The Morgan fingerprint density at radius 2 is 2.10 bits per heavy atom. The van der Waals surface area contributed by atoms with E-state index < -0.39 is 0 Å². The van der Waals surface area contributed by atoms with Crippen LogP contribution in [0, 0.1) is 5.82 Å². The standard InChI is InChI=1S/C15H19FN4O/c16-13-2-1-3-15(10-13)21-14-4-6-19(7-5-14)8-9-20-12-17-11-18-20/h1-3,10-12,14H,4-9H2. The number of aromatic nitrogens is 3. The van der Waals surface area contributed by atoms with Gasteiger partial charge >= 0.3 is 0 Å². The van der Waals surface area contributed by atoms with Crippen LogP contribution in [0.1, 0.15) is 12.8 Å². The van der Waals surface area contributed by atoms with Gasteiger partial charge in [0.15, 0.2) is 0 Å². The predicted molar refractivity (Wildman–Crippen MR) is 76.5 cm³/mol. The lowest BCUT2D eigenvalue weighted by Gasteiger charge is -2.32. The van der Waals surface area contributed by atoms with Gasteiger partial charge in [-0.2, -0.15) is 5.10 Å². The van der Waals surface area contributed by atoms with Crippen molar-refractivity contribution in [2.24, 2.45) is 0 Å². The largest absolute Gasteiger partial charge is 0.490 e. The first-order valence-electron chi connectivity index (χ1n) is 7.26. The first-order valence-corrected chi connectivity index (χ1v) is 7.26. The molecule has 2 aromatic rings. The second kappa shape index (κ2) is 6.67. The molecule has 0 radical (unpaired) electrons. The van der Waals surface area contributed by atoms with Gasteiger partial charge in [0.05, 0.1) is 6.54 Å². The van der Waals surface area contributed by atoms with E-state index in [-0.39, 0.29) is 11.9 Å². The first-order chi connectivity index (χ1) is 10.3. The van der Waals surface area contributed by atoms with Gasteiger partial charge < -0.3 is 9.64 Å². The molecule has 0 saturated carbocycles.